The Kier molecular flexibility index (Phi) is 6.24. The zero-order chi connectivity index (χ0) is 23.5. The molecule has 34 heavy (non-hydrogen) atoms. The van der Waals surface area contributed by atoms with Gasteiger partial charge in [0.25, 0.3) is 5.56 Å². The molecule has 0 spiro atoms. The molecule has 2 aromatic carbocycles. The first-order valence-electron chi connectivity index (χ1n) is 11.3. The van der Waals surface area contributed by atoms with Gasteiger partial charge in [-0.2, -0.15) is 0 Å². The van der Waals surface area contributed by atoms with Crippen LogP contribution >= 0.6 is 0 Å². The number of benzene rings is 2. The molecule has 2 aromatic heterocycles. The first-order chi connectivity index (χ1) is 16.6. The predicted molar refractivity (Wildman–Crippen MR) is 129 cm³/mol. The Bertz CT molecular complexity index is 1330. The summed E-state index contributed by atoms with van der Waals surface area (Å²) in [6, 6.07) is 20.1. The molecule has 0 amide bonds. The van der Waals surface area contributed by atoms with Crippen molar-refractivity contribution in [1.29, 1.82) is 0 Å². The third kappa shape index (κ3) is 4.37. The highest BCUT2D eigenvalue weighted by molar-refractivity contribution is 5.69. The predicted octanol–water partition coefficient (Wildman–Crippen LogP) is 3.23. The Labute approximate surface area is 197 Å². The third-order valence-electron chi connectivity index (χ3n) is 6.37. The molecule has 1 aliphatic rings. The average Bonchev–Trinajstić information content (AvgIpc) is 3.43. The Morgan fingerprint density at radius 2 is 1.65 bits per heavy atom. The van der Waals surface area contributed by atoms with Gasteiger partial charge in [-0.05, 0) is 23.1 Å². The molecule has 1 saturated carbocycles. The number of aromatic nitrogens is 4. The van der Waals surface area contributed by atoms with E-state index in [0.29, 0.717) is 31.9 Å². The van der Waals surface area contributed by atoms with Gasteiger partial charge >= 0.3 is 0 Å². The minimum atomic E-state index is -0.382. The molecule has 174 valence electrons. The van der Waals surface area contributed by atoms with Gasteiger partial charge in [-0.25, -0.2) is 14.6 Å². The molecule has 0 radical (unpaired) electrons. The maximum atomic E-state index is 12.4. The van der Waals surface area contributed by atoms with Gasteiger partial charge in [-0.3, -0.25) is 4.79 Å². The van der Waals surface area contributed by atoms with Crippen molar-refractivity contribution in [2.45, 2.75) is 31.8 Å². The van der Waals surface area contributed by atoms with Gasteiger partial charge in [0, 0.05) is 5.92 Å². The summed E-state index contributed by atoms with van der Waals surface area (Å²) in [5.41, 5.74) is 3.55. The molecule has 2 heterocycles. The Hall–Kier alpha value is -3.75. The molecule has 0 aliphatic heterocycles. The van der Waals surface area contributed by atoms with E-state index >= 15 is 0 Å². The fourth-order valence-electron chi connectivity index (χ4n) is 4.52. The van der Waals surface area contributed by atoms with E-state index in [1.807, 2.05) is 65.2 Å². The van der Waals surface area contributed by atoms with Crippen LogP contribution in [-0.4, -0.2) is 31.9 Å². The van der Waals surface area contributed by atoms with Crippen LogP contribution in [0.1, 0.15) is 23.6 Å². The normalized spacial score (nSPS) is 20.2. The molecule has 5 rings (SSSR count). The van der Waals surface area contributed by atoms with Crippen molar-refractivity contribution in [3.05, 3.63) is 107 Å². The van der Waals surface area contributed by atoms with Crippen molar-refractivity contribution in [2.24, 2.45) is 5.92 Å². The number of hydrogen-bond acceptors (Lipinski definition) is 6. The summed E-state index contributed by atoms with van der Waals surface area (Å²) in [4.78, 5) is 21.0. The van der Waals surface area contributed by atoms with Gasteiger partial charge in [0.1, 0.15) is 6.33 Å². The van der Waals surface area contributed by atoms with Crippen molar-refractivity contribution >= 4 is 11.2 Å². The molecule has 4 aromatic rings. The molecule has 0 bridgehead atoms. The van der Waals surface area contributed by atoms with Crippen LogP contribution in [0.5, 0.6) is 0 Å². The minimum Gasteiger partial charge on any atom is -0.376 e. The second-order valence-electron chi connectivity index (χ2n) is 8.55. The topological polar surface area (TPSA) is 97.2 Å². The summed E-state index contributed by atoms with van der Waals surface area (Å²) in [6.07, 6.45) is 3.53. The Morgan fingerprint density at radius 3 is 2.35 bits per heavy atom. The van der Waals surface area contributed by atoms with Gasteiger partial charge in [-0.15, -0.1) is 0 Å². The SMILES string of the molecule is C=C1C(COCc2ccccc2)C(OCc2ccccc2)CC1n1cnc2c(=O)n(N)cnc21. The summed E-state index contributed by atoms with van der Waals surface area (Å²) >= 11 is 0. The van der Waals surface area contributed by atoms with Crippen LogP contribution < -0.4 is 11.4 Å². The number of hydrogen-bond donors (Lipinski definition) is 1. The van der Waals surface area contributed by atoms with Crippen molar-refractivity contribution in [3.8, 4) is 0 Å². The van der Waals surface area contributed by atoms with Gasteiger partial charge < -0.3 is 19.9 Å². The molecule has 2 N–H and O–H groups in total. The largest absolute Gasteiger partial charge is 0.376 e. The zero-order valence-electron chi connectivity index (χ0n) is 18.8. The highest BCUT2D eigenvalue weighted by Gasteiger charge is 2.40. The molecular weight excluding hydrogens is 430 g/mol. The van der Waals surface area contributed by atoms with Crippen molar-refractivity contribution in [2.75, 3.05) is 12.4 Å². The molecule has 8 heteroatoms. The monoisotopic (exact) mass is 457 g/mol. The second kappa shape index (κ2) is 9.62. The van der Waals surface area contributed by atoms with Gasteiger partial charge in [0.15, 0.2) is 11.2 Å². The fourth-order valence-corrected chi connectivity index (χ4v) is 4.52. The number of nitrogen functional groups attached to an aromatic ring is 1. The van der Waals surface area contributed by atoms with E-state index in [4.69, 9.17) is 15.3 Å². The van der Waals surface area contributed by atoms with E-state index in [1.54, 1.807) is 6.33 Å². The molecular formula is C26H27N5O3. The van der Waals surface area contributed by atoms with Crippen molar-refractivity contribution in [1.82, 2.24) is 19.2 Å². The van der Waals surface area contributed by atoms with Crippen molar-refractivity contribution in [3.63, 3.8) is 0 Å². The summed E-state index contributed by atoms with van der Waals surface area (Å²) in [7, 11) is 0. The number of imidazole rings is 1. The zero-order valence-corrected chi connectivity index (χ0v) is 18.8. The first-order valence-corrected chi connectivity index (χ1v) is 11.3. The van der Waals surface area contributed by atoms with Crippen LogP contribution in [0.4, 0.5) is 0 Å². The van der Waals surface area contributed by atoms with Crippen LogP contribution in [0.15, 0.2) is 90.3 Å². The smallest absolute Gasteiger partial charge is 0.299 e. The quantitative estimate of drug-likeness (QED) is 0.322. The van der Waals surface area contributed by atoms with E-state index in [0.717, 1.165) is 21.4 Å². The van der Waals surface area contributed by atoms with Crippen molar-refractivity contribution < 1.29 is 9.47 Å². The fraction of sp³-hybridized carbons (Fsp3) is 0.269. The standard InChI is InChI=1S/C26H27N5O3/c1-18-21(15-33-13-19-8-4-2-5-9-19)23(34-14-20-10-6-3-7-11-20)12-22(18)30-16-28-24-25(30)29-17-31(27)26(24)32/h2-11,16-17,21-23H,1,12-15,27H2. The van der Waals surface area contributed by atoms with Crippen LogP contribution in [0, 0.1) is 5.92 Å². The minimum absolute atomic E-state index is 0.00949. The maximum Gasteiger partial charge on any atom is 0.299 e. The molecule has 1 aliphatic carbocycles. The third-order valence-corrected chi connectivity index (χ3v) is 6.37. The molecule has 8 nitrogen and oxygen atoms in total. The van der Waals surface area contributed by atoms with Crippen LogP contribution in [0.2, 0.25) is 0 Å². The van der Waals surface area contributed by atoms with E-state index in [1.165, 1.54) is 6.33 Å². The van der Waals surface area contributed by atoms with E-state index in [2.05, 4.69) is 16.5 Å². The maximum absolute atomic E-state index is 12.4. The summed E-state index contributed by atoms with van der Waals surface area (Å²) in [5, 5.41) is 0. The first kappa shape index (κ1) is 22.1. The molecule has 1 fully saturated rings. The number of fused-ring (bicyclic) bond motifs is 1. The van der Waals surface area contributed by atoms with Gasteiger partial charge in [0.2, 0.25) is 0 Å². The van der Waals surface area contributed by atoms with Gasteiger partial charge in [0.05, 0.1) is 38.3 Å². The number of rotatable bonds is 8. The highest BCUT2D eigenvalue weighted by Crippen LogP contribution is 2.42. The van der Waals surface area contributed by atoms with Crippen LogP contribution in [0.25, 0.3) is 11.2 Å². The van der Waals surface area contributed by atoms with E-state index in [9.17, 15) is 4.79 Å². The van der Waals surface area contributed by atoms with E-state index < -0.39 is 0 Å². The lowest BCUT2D eigenvalue weighted by atomic mass is 10.0. The number of nitrogens with zero attached hydrogens (tertiary/aromatic N) is 4. The van der Waals surface area contributed by atoms with Gasteiger partial charge in [-0.1, -0.05) is 67.2 Å². The van der Waals surface area contributed by atoms with E-state index in [-0.39, 0.29) is 29.1 Å². The number of ether oxygens (including phenoxy) is 2. The molecule has 3 atom stereocenters. The second-order valence-corrected chi connectivity index (χ2v) is 8.55. The summed E-state index contributed by atoms with van der Waals surface area (Å²) in [6.45, 7) is 5.91. The summed E-state index contributed by atoms with van der Waals surface area (Å²) in [5.74, 6) is 5.65. The molecule has 0 saturated heterocycles. The Balaban J connectivity index is 1.37. The lowest BCUT2D eigenvalue weighted by Gasteiger charge is -2.21. The lowest BCUT2D eigenvalue weighted by molar-refractivity contribution is -0.0122. The van der Waals surface area contributed by atoms with Crippen LogP contribution in [0.3, 0.4) is 0 Å². The summed E-state index contributed by atoms with van der Waals surface area (Å²) < 4.78 is 15.3. The van der Waals surface area contributed by atoms with Crippen LogP contribution in [-0.2, 0) is 22.7 Å². The number of nitrogens with two attached hydrogens (primary N) is 1. The molecule has 3 unspecified atom stereocenters. The Morgan fingerprint density at radius 1 is 0.971 bits per heavy atom. The highest BCUT2D eigenvalue weighted by atomic mass is 16.5. The average molecular weight is 458 g/mol. The lowest BCUT2D eigenvalue weighted by Crippen LogP contribution is -2.27.